The largest absolute Gasteiger partial charge is 0.454 e. The van der Waals surface area contributed by atoms with Crippen molar-refractivity contribution in [2.45, 2.75) is 33.2 Å². The average Bonchev–Trinajstić information content (AvgIpc) is 2.81. The fraction of sp³-hybridized carbons (Fsp3) is 0.500. The summed E-state index contributed by atoms with van der Waals surface area (Å²) in [5, 5.41) is 3.00. The highest BCUT2D eigenvalue weighted by Gasteiger charge is 2.21. The van der Waals surface area contributed by atoms with E-state index in [1.54, 1.807) is 12.1 Å². The molecule has 3 N–H and O–H groups in total. The van der Waals surface area contributed by atoms with Gasteiger partial charge in [-0.2, -0.15) is 0 Å². The first-order valence-corrected chi connectivity index (χ1v) is 6.53. The lowest BCUT2D eigenvalue weighted by molar-refractivity contribution is 0.0925. The monoisotopic (exact) mass is 264 g/mol. The van der Waals surface area contributed by atoms with E-state index in [0.717, 1.165) is 6.42 Å². The first kappa shape index (κ1) is 13.5. The predicted molar refractivity (Wildman–Crippen MR) is 73.4 cm³/mol. The molecule has 104 valence electrons. The highest BCUT2D eigenvalue weighted by Crippen LogP contribution is 2.35. The summed E-state index contributed by atoms with van der Waals surface area (Å²) in [6.07, 6.45) is 0.883. The second-order valence-electron chi connectivity index (χ2n) is 5.02. The van der Waals surface area contributed by atoms with Crippen LogP contribution in [0.5, 0.6) is 11.5 Å². The van der Waals surface area contributed by atoms with Crippen LogP contribution in [0.3, 0.4) is 0 Å². The SMILES string of the molecule is CCC(NC(=O)c1cc2c(cc1N)OCO2)C(C)C. The van der Waals surface area contributed by atoms with Crippen molar-refractivity contribution in [2.24, 2.45) is 5.92 Å². The van der Waals surface area contributed by atoms with E-state index >= 15 is 0 Å². The summed E-state index contributed by atoms with van der Waals surface area (Å²) in [5.74, 6) is 1.36. The van der Waals surface area contributed by atoms with Crippen molar-refractivity contribution in [1.82, 2.24) is 5.32 Å². The maximum atomic E-state index is 12.3. The summed E-state index contributed by atoms with van der Waals surface area (Å²) < 4.78 is 10.5. The van der Waals surface area contributed by atoms with Gasteiger partial charge in [0.2, 0.25) is 6.79 Å². The number of fused-ring (bicyclic) bond motifs is 1. The molecule has 19 heavy (non-hydrogen) atoms. The standard InChI is InChI=1S/C14H20N2O3/c1-4-11(8(2)3)16-14(17)9-5-12-13(6-10(9)15)19-7-18-12/h5-6,8,11H,4,7,15H2,1-3H3,(H,16,17). The smallest absolute Gasteiger partial charge is 0.253 e. The first-order chi connectivity index (χ1) is 9.02. The maximum absolute atomic E-state index is 12.3. The molecule has 1 aromatic carbocycles. The van der Waals surface area contributed by atoms with Crippen molar-refractivity contribution in [1.29, 1.82) is 0 Å². The van der Waals surface area contributed by atoms with Crippen LogP contribution < -0.4 is 20.5 Å². The molecule has 1 unspecified atom stereocenters. The molecule has 0 spiro atoms. The van der Waals surface area contributed by atoms with Gasteiger partial charge in [-0.1, -0.05) is 20.8 Å². The first-order valence-electron chi connectivity index (χ1n) is 6.53. The molecule has 1 amide bonds. The number of amides is 1. The van der Waals surface area contributed by atoms with Gasteiger partial charge in [-0.05, 0) is 18.4 Å². The van der Waals surface area contributed by atoms with Gasteiger partial charge in [0.05, 0.1) is 5.56 Å². The van der Waals surface area contributed by atoms with Crippen LogP contribution in [0.25, 0.3) is 0 Å². The van der Waals surface area contributed by atoms with Gasteiger partial charge in [0.25, 0.3) is 5.91 Å². The molecule has 2 rings (SSSR count). The fourth-order valence-electron chi connectivity index (χ4n) is 2.14. The Kier molecular flexibility index (Phi) is 3.83. The number of benzene rings is 1. The van der Waals surface area contributed by atoms with E-state index in [1.165, 1.54) is 0 Å². The summed E-state index contributed by atoms with van der Waals surface area (Å²) in [6.45, 7) is 6.38. The van der Waals surface area contributed by atoms with Crippen molar-refractivity contribution in [3.63, 3.8) is 0 Å². The third kappa shape index (κ3) is 2.75. The summed E-state index contributed by atoms with van der Waals surface area (Å²) in [5.41, 5.74) is 6.73. The molecular weight excluding hydrogens is 244 g/mol. The molecule has 1 heterocycles. The number of nitrogens with two attached hydrogens (primary N) is 1. The molecule has 0 radical (unpaired) electrons. The van der Waals surface area contributed by atoms with E-state index in [2.05, 4.69) is 19.2 Å². The Hall–Kier alpha value is -1.91. The highest BCUT2D eigenvalue weighted by molar-refractivity contribution is 6.00. The Bertz CT molecular complexity index is 486. The third-order valence-corrected chi connectivity index (χ3v) is 3.35. The number of rotatable bonds is 4. The van der Waals surface area contributed by atoms with Crippen LogP contribution in [-0.2, 0) is 0 Å². The molecule has 5 nitrogen and oxygen atoms in total. The minimum absolute atomic E-state index is 0.136. The van der Waals surface area contributed by atoms with Crippen LogP contribution >= 0.6 is 0 Å². The van der Waals surface area contributed by atoms with Crippen molar-refractivity contribution in [3.05, 3.63) is 17.7 Å². The minimum atomic E-state index is -0.170. The van der Waals surface area contributed by atoms with Crippen molar-refractivity contribution >= 4 is 11.6 Å². The molecule has 0 aromatic heterocycles. The molecular formula is C14H20N2O3. The molecule has 0 saturated heterocycles. The van der Waals surface area contributed by atoms with Gasteiger partial charge in [0.15, 0.2) is 11.5 Å². The normalized spacial score (nSPS) is 14.5. The second kappa shape index (κ2) is 5.38. The summed E-state index contributed by atoms with van der Waals surface area (Å²) >= 11 is 0. The third-order valence-electron chi connectivity index (χ3n) is 3.35. The van der Waals surface area contributed by atoms with E-state index in [-0.39, 0.29) is 18.7 Å². The van der Waals surface area contributed by atoms with Crippen LogP contribution in [0.15, 0.2) is 12.1 Å². The van der Waals surface area contributed by atoms with Gasteiger partial charge in [-0.15, -0.1) is 0 Å². The van der Waals surface area contributed by atoms with E-state index in [4.69, 9.17) is 15.2 Å². The van der Waals surface area contributed by atoms with E-state index < -0.39 is 0 Å². The van der Waals surface area contributed by atoms with Crippen LogP contribution in [0.2, 0.25) is 0 Å². The molecule has 1 aromatic rings. The molecule has 0 saturated carbocycles. The Morgan fingerprint density at radius 1 is 1.37 bits per heavy atom. The Balaban J connectivity index is 2.20. The van der Waals surface area contributed by atoms with E-state index in [9.17, 15) is 4.79 Å². The number of nitrogen functional groups attached to an aromatic ring is 1. The van der Waals surface area contributed by atoms with Crippen molar-refractivity contribution < 1.29 is 14.3 Å². The van der Waals surface area contributed by atoms with Crippen LogP contribution in [0, 0.1) is 5.92 Å². The molecule has 0 bridgehead atoms. The quantitative estimate of drug-likeness (QED) is 0.817. The Labute approximate surface area is 113 Å². The van der Waals surface area contributed by atoms with Crippen molar-refractivity contribution in [3.8, 4) is 11.5 Å². The van der Waals surface area contributed by atoms with Gasteiger partial charge >= 0.3 is 0 Å². The topological polar surface area (TPSA) is 73.6 Å². The summed E-state index contributed by atoms with van der Waals surface area (Å²) in [4.78, 5) is 12.3. The number of anilines is 1. The number of hydrogen-bond acceptors (Lipinski definition) is 4. The predicted octanol–water partition coefficient (Wildman–Crippen LogP) is 2.16. The number of carbonyl (C=O) groups excluding carboxylic acids is 1. The lowest BCUT2D eigenvalue weighted by Gasteiger charge is -2.21. The van der Waals surface area contributed by atoms with Gasteiger partial charge in [0, 0.05) is 17.8 Å². The maximum Gasteiger partial charge on any atom is 0.253 e. The second-order valence-corrected chi connectivity index (χ2v) is 5.02. The lowest BCUT2D eigenvalue weighted by atomic mass is 10.0. The zero-order valence-electron chi connectivity index (χ0n) is 11.5. The number of nitrogens with one attached hydrogen (secondary N) is 1. The van der Waals surface area contributed by atoms with Gasteiger partial charge in [-0.3, -0.25) is 4.79 Å². The average molecular weight is 264 g/mol. The van der Waals surface area contributed by atoms with Gasteiger partial charge in [-0.25, -0.2) is 0 Å². The molecule has 1 atom stereocenters. The van der Waals surface area contributed by atoms with Crippen LogP contribution in [-0.4, -0.2) is 18.7 Å². The number of hydrogen-bond donors (Lipinski definition) is 2. The minimum Gasteiger partial charge on any atom is -0.454 e. The van der Waals surface area contributed by atoms with Crippen LogP contribution in [0.1, 0.15) is 37.6 Å². The summed E-state index contributed by atoms with van der Waals surface area (Å²) in [6, 6.07) is 3.41. The summed E-state index contributed by atoms with van der Waals surface area (Å²) in [7, 11) is 0. The zero-order chi connectivity index (χ0) is 14.0. The molecule has 1 aliphatic rings. The van der Waals surface area contributed by atoms with Gasteiger partial charge in [0.1, 0.15) is 0 Å². The Morgan fingerprint density at radius 2 is 2.00 bits per heavy atom. The molecule has 5 heteroatoms. The Morgan fingerprint density at radius 3 is 2.58 bits per heavy atom. The number of ether oxygens (including phenoxy) is 2. The van der Waals surface area contributed by atoms with Crippen LogP contribution in [0.4, 0.5) is 5.69 Å². The lowest BCUT2D eigenvalue weighted by Crippen LogP contribution is -2.38. The van der Waals surface area contributed by atoms with E-state index in [0.29, 0.717) is 28.7 Å². The molecule has 1 aliphatic heterocycles. The van der Waals surface area contributed by atoms with Crippen molar-refractivity contribution in [2.75, 3.05) is 12.5 Å². The number of carbonyl (C=O) groups is 1. The zero-order valence-corrected chi connectivity index (χ0v) is 11.5. The van der Waals surface area contributed by atoms with E-state index in [1.807, 2.05) is 6.92 Å². The molecule has 0 aliphatic carbocycles. The van der Waals surface area contributed by atoms with Gasteiger partial charge < -0.3 is 20.5 Å². The highest BCUT2D eigenvalue weighted by atomic mass is 16.7. The fourth-order valence-corrected chi connectivity index (χ4v) is 2.14. The molecule has 0 fully saturated rings.